The van der Waals surface area contributed by atoms with Crippen molar-refractivity contribution in [1.82, 2.24) is 9.21 Å². The van der Waals surface area contributed by atoms with E-state index in [1.165, 1.54) is 4.31 Å². The monoisotopic (exact) mass is 415 g/mol. The molecule has 0 saturated carbocycles. The molecule has 1 fully saturated rings. The number of hydrogen-bond donors (Lipinski definition) is 1. The SMILES string of the molecule is CCCN(CC(=O)Nc1cccc(S(=O)(=O)N2CCCC2)c1)Cc1ccccc1. The second-order valence-electron chi connectivity index (χ2n) is 7.38. The Morgan fingerprint density at radius 2 is 1.79 bits per heavy atom. The zero-order valence-electron chi connectivity index (χ0n) is 16.9. The fraction of sp³-hybridized carbons (Fsp3) is 0.409. The van der Waals surface area contributed by atoms with Gasteiger partial charge >= 0.3 is 0 Å². The summed E-state index contributed by atoms with van der Waals surface area (Å²) in [5.41, 5.74) is 1.67. The average molecular weight is 416 g/mol. The Bertz CT molecular complexity index is 910. The maximum Gasteiger partial charge on any atom is 0.243 e. The first-order chi connectivity index (χ1) is 14.0. The molecule has 0 aliphatic carbocycles. The number of nitrogens with zero attached hydrogens (tertiary/aromatic N) is 2. The van der Waals surface area contributed by atoms with Crippen LogP contribution in [-0.2, 0) is 21.4 Å². The van der Waals surface area contributed by atoms with Crippen molar-refractivity contribution in [3.05, 3.63) is 60.2 Å². The Hall–Kier alpha value is -2.22. The van der Waals surface area contributed by atoms with Crippen molar-refractivity contribution in [2.75, 3.05) is 31.5 Å². The zero-order chi connectivity index (χ0) is 20.7. The van der Waals surface area contributed by atoms with E-state index < -0.39 is 10.0 Å². The van der Waals surface area contributed by atoms with Gasteiger partial charge in [-0.3, -0.25) is 9.69 Å². The minimum Gasteiger partial charge on any atom is -0.325 e. The zero-order valence-corrected chi connectivity index (χ0v) is 17.7. The van der Waals surface area contributed by atoms with Gasteiger partial charge in [0, 0.05) is 25.3 Å². The van der Waals surface area contributed by atoms with Crippen LogP contribution in [0.5, 0.6) is 0 Å². The van der Waals surface area contributed by atoms with Gasteiger partial charge in [0.1, 0.15) is 0 Å². The van der Waals surface area contributed by atoms with Crippen molar-refractivity contribution in [3.8, 4) is 0 Å². The van der Waals surface area contributed by atoms with Gasteiger partial charge < -0.3 is 5.32 Å². The van der Waals surface area contributed by atoms with Crippen LogP contribution in [-0.4, -0.2) is 49.7 Å². The highest BCUT2D eigenvalue weighted by molar-refractivity contribution is 7.89. The van der Waals surface area contributed by atoms with Gasteiger partial charge in [0.05, 0.1) is 11.4 Å². The third-order valence-corrected chi connectivity index (χ3v) is 6.87. The van der Waals surface area contributed by atoms with Crippen molar-refractivity contribution in [2.24, 2.45) is 0 Å². The fourth-order valence-electron chi connectivity index (χ4n) is 3.59. The number of rotatable bonds is 9. The lowest BCUT2D eigenvalue weighted by molar-refractivity contribution is -0.117. The summed E-state index contributed by atoms with van der Waals surface area (Å²) in [4.78, 5) is 14.9. The Kier molecular flexibility index (Phi) is 7.41. The summed E-state index contributed by atoms with van der Waals surface area (Å²) in [5.74, 6) is -0.148. The van der Waals surface area contributed by atoms with Crippen LogP contribution in [0.2, 0.25) is 0 Å². The molecule has 0 radical (unpaired) electrons. The molecule has 1 saturated heterocycles. The molecule has 1 amide bonds. The third-order valence-electron chi connectivity index (χ3n) is 4.98. The van der Waals surface area contributed by atoms with Gasteiger partial charge in [0.25, 0.3) is 0 Å². The quantitative estimate of drug-likeness (QED) is 0.682. The fourth-order valence-corrected chi connectivity index (χ4v) is 5.15. The van der Waals surface area contributed by atoms with Crippen LogP contribution in [0.25, 0.3) is 0 Å². The standard InChI is InChI=1S/C22H29N3O3S/c1-2-13-24(17-19-9-4-3-5-10-19)18-22(26)23-20-11-8-12-21(16-20)29(27,28)25-14-6-7-15-25/h3-5,8-12,16H,2,6-7,13-15,17-18H2,1H3,(H,23,26). The number of sulfonamides is 1. The van der Waals surface area contributed by atoms with Gasteiger partial charge in [0.2, 0.25) is 15.9 Å². The van der Waals surface area contributed by atoms with Crippen molar-refractivity contribution >= 4 is 21.6 Å². The lowest BCUT2D eigenvalue weighted by atomic mass is 10.2. The maximum atomic E-state index is 12.7. The maximum absolute atomic E-state index is 12.7. The van der Waals surface area contributed by atoms with Crippen LogP contribution in [0.15, 0.2) is 59.5 Å². The van der Waals surface area contributed by atoms with E-state index in [1.807, 2.05) is 30.3 Å². The number of carbonyl (C=O) groups is 1. The van der Waals surface area contributed by atoms with Crippen molar-refractivity contribution in [3.63, 3.8) is 0 Å². The summed E-state index contributed by atoms with van der Waals surface area (Å²) in [7, 11) is -3.50. The van der Waals surface area contributed by atoms with Crippen LogP contribution in [0, 0.1) is 0 Å². The first-order valence-electron chi connectivity index (χ1n) is 10.2. The Labute approximate surface area is 173 Å². The topological polar surface area (TPSA) is 69.7 Å². The normalized spacial score (nSPS) is 15.0. The molecule has 2 aromatic carbocycles. The predicted octanol–water partition coefficient (Wildman–Crippen LogP) is 3.32. The summed E-state index contributed by atoms with van der Waals surface area (Å²) in [6.45, 7) is 4.97. The number of amides is 1. The molecule has 0 aromatic heterocycles. The molecule has 1 aliphatic heterocycles. The van der Waals surface area contributed by atoms with Gasteiger partial charge in [-0.1, -0.05) is 43.3 Å². The van der Waals surface area contributed by atoms with E-state index in [9.17, 15) is 13.2 Å². The van der Waals surface area contributed by atoms with Crippen LogP contribution < -0.4 is 5.32 Å². The van der Waals surface area contributed by atoms with E-state index >= 15 is 0 Å². The van der Waals surface area contributed by atoms with Crippen LogP contribution in [0.4, 0.5) is 5.69 Å². The second kappa shape index (κ2) is 10.0. The van der Waals surface area contributed by atoms with Gasteiger partial charge in [0.15, 0.2) is 0 Å². The highest BCUT2D eigenvalue weighted by Gasteiger charge is 2.27. The average Bonchev–Trinajstić information content (AvgIpc) is 3.25. The van der Waals surface area contributed by atoms with Crippen molar-refractivity contribution in [1.29, 1.82) is 0 Å². The van der Waals surface area contributed by atoms with Crippen LogP contribution in [0.3, 0.4) is 0 Å². The van der Waals surface area contributed by atoms with Gasteiger partial charge in [-0.15, -0.1) is 0 Å². The van der Waals surface area contributed by atoms with Crippen molar-refractivity contribution < 1.29 is 13.2 Å². The summed E-state index contributed by atoms with van der Waals surface area (Å²) in [6, 6.07) is 16.6. The molecular formula is C22H29N3O3S. The number of nitrogens with one attached hydrogen (secondary N) is 1. The summed E-state index contributed by atoms with van der Waals surface area (Å²) < 4.78 is 27.0. The molecule has 0 bridgehead atoms. The molecule has 1 aliphatic rings. The molecule has 0 unspecified atom stereocenters. The minimum absolute atomic E-state index is 0.148. The van der Waals surface area contributed by atoms with Gasteiger partial charge in [-0.25, -0.2) is 8.42 Å². The summed E-state index contributed by atoms with van der Waals surface area (Å²) >= 11 is 0. The van der Waals surface area contributed by atoms with E-state index in [0.29, 0.717) is 25.3 Å². The smallest absolute Gasteiger partial charge is 0.243 e. The molecule has 156 valence electrons. The Balaban J connectivity index is 1.65. The van der Waals surface area contributed by atoms with Crippen molar-refractivity contribution in [2.45, 2.75) is 37.6 Å². The number of hydrogen-bond acceptors (Lipinski definition) is 4. The van der Waals surface area contributed by atoms with E-state index in [0.717, 1.165) is 31.4 Å². The van der Waals surface area contributed by atoms with E-state index in [-0.39, 0.29) is 17.3 Å². The second-order valence-corrected chi connectivity index (χ2v) is 9.32. The molecule has 2 aromatic rings. The molecule has 1 heterocycles. The van der Waals surface area contributed by atoms with E-state index in [2.05, 4.69) is 17.1 Å². The predicted molar refractivity (Wildman–Crippen MR) is 115 cm³/mol. The third kappa shape index (κ3) is 5.88. The summed E-state index contributed by atoms with van der Waals surface area (Å²) in [6.07, 6.45) is 2.73. The highest BCUT2D eigenvalue weighted by atomic mass is 32.2. The molecular weight excluding hydrogens is 386 g/mol. The first-order valence-corrected chi connectivity index (χ1v) is 11.6. The van der Waals surface area contributed by atoms with Gasteiger partial charge in [-0.05, 0) is 49.6 Å². The Morgan fingerprint density at radius 3 is 2.48 bits per heavy atom. The molecule has 6 nitrogen and oxygen atoms in total. The minimum atomic E-state index is -3.50. The lowest BCUT2D eigenvalue weighted by Gasteiger charge is -2.21. The number of benzene rings is 2. The molecule has 0 spiro atoms. The number of anilines is 1. The molecule has 7 heteroatoms. The van der Waals surface area contributed by atoms with Crippen LogP contribution >= 0.6 is 0 Å². The molecule has 0 atom stereocenters. The number of carbonyl (C=O) groups excluding carboxylic acids is 1. The molecule has 1 N–H and O–H groups in total. The van der Waals surface area contributed by atoms with Gasteiger partial charge in [-0.2, -0.15) is 4.31 Å². The summed E-state index contributed by atoms with van der Waals surface area (Å²) in [5, 5.41) is 2.86. The molecule has 29 heavy (non-hydrogen) atoms. The highest BCUT2D eigenvalue weighted by Crippen LogP contribution is 2.23. The molecule has 3 rings (SSSR count). The first kappa shape index (κ1) is 21.5. The van der Waals surface area contributed by atoms with E-state index in [4.69, 9.17) is 0 Å². The van der Waals surface area contributed by atoms with Crippen LogP contribution in [0.1, 0.15) is 31.7 Å². The Morgan fingerprint density at radius 1 is 1.07 bits per heavy atom. The van der Waals surface area contributed by atoms with E-state index in [1.54, 1.807) is 24.3 Å². The largest absolute Gasteiger partial charge is 0.325 e. The lowest BCUT2D eigenvalue weighted by Crippen LogP contribution is -2.33.